The predicted octanol–water partition coefficient (Wildman–Crippen LogP) is 2.13. The summed E-state index contributed by atoms with van der Waals surface area (Å²) < 4.78 is 27.9. The molecule has 0 unspecified atom stereocenters. The van der Waals surface area contributed by atoms with E-state index in [1.54, 1.807) is 0 Å². The smallest absolute Gasteiger partial charge is 0.159 e. The van der Waals surface area contributed by atoms with Crippen molar-refractivity contribution in [2.75, 3.05) is 0 Å². The summed E-state index contributed by atoms with van der Waals surface area (Å²) in [5.41, 5.74) is 7.58. The van der Waals surface area contributed by atoms with Gasteiger partial charge >= 0.3 is 0 Å². The fourth-order valence-electron chi connectivity index (χ4n) is 1.76. The van der Waals surface area contributed by atoms with Gasteiger partial charge in [-0.15, -0.1) is 0 Å². The Kier molecular flexibility index (Phi) is 2.93. The Hall–Kier alpha value is -1.75. The van der Waals surface area contributed by atoms with E-state index in [1.165, 1.54) is 6.07 Å². The van der Waals surface area contributed by atoms with Crippen LogP contribution in [0.25, 0.3) is 11.3 Å². The lowest BCUT2D eigenvalue weighted by Crippen LogP contribution is -2.05. The molecule has 0 spiro atoms. The topological polar surface area (TPSA) is 43.8 Å². The van der Waals surface area contributed by atoms with Crippen molar-refractivity contribution in [2.24, 2.45) is 12.8 Å². The third kappa shape index (κ3) is 1.93. The summed E-state index contributed by atoms with van der Waals surface area (Å²) in [6, 6.07) is 3.73. The first-order valence-electron chi connectivity index (χ1n) is 5.22. The van der Waals surface area contributed by atoms with E-state index in [-0.39, 0.29) is 0 Å². The predicted molar refractivity (Wildman–Crippen MR) is 61.2 cm³/mol. The van der Waals surface area contributed by atoms with Crippen molar-refractivity contribution in [2.45, 2.75) is 13.5 Å². The lowest BCUT2D eigenvalue weighted by atomic mass is 10.1. The molecule has 17 heavy (non-hydrogen) atoms. The SMILES string of the molecule is Cc1nc(-c2ccc(F)c(F)c2)c(CN)n1C. The molecule has 0 aliphatic carbocycles. The van der Waals surface area contributed by atoms with Crippen molar-refractivity contribution in [3.8, 4) is 11.3 Å². The van der Waals surface area contributed by atoms with Crippen LogP contribution in [-0.4, -0.2) is 9.55 Å². The Balaban J connectivity index is 2.60. The summed E-state index contributed by atoms with van der Waals surface area (Å²) in [6.45, 7) is 2.13. The van der Waals surface area contributed by atoms with Crippen LogP contribution < -0.4 is 5.73 Å². The summed E-state index contributed by atoms with van der Waals surface area (Å²) in [4.78, 5) is 4.32. The summed E-state index contributed by atoms with van der Waals surface area (Å²) in [7, 11) is 1.84. The quantitative estimate of drug-likeness (QED) is 0.869. The van der Waals surface area contributed by atoms with E-state index in [9.17, 15) is 8.78 Å². The van der Waals surface area contributed by atoms with E-state index in [4.69, 9.17) is 5.73 Å². The maximum absolute atomic E-state index is 13.2. The number of hydrogen-bond acceptors (Lipinski definition) is 2. The molecule has 0 fully saturated rings. The van der Waals surface area contributed by atoms with Gasteiger partial charge in [-0.05, 0) is 25.1 Å². The average Bonchev–Trinajstić information content (AvgIpc) is 2.59. The van der Waals surface area contributed by atoms with E-state index < -0.39 is 11.6 Å². The van der Waals surface area contributed by atoms with Gasteiger partial charge in [0.05, 0.1) is 11.4 Å². The molecule has 1 aromatic heterocycles. The van der Waals surface area contributed by atoms with Crippen LogP contribution in [-0.2, 0) is 13.6 Å². The highest BCUT2D eigenvalue weighted by atomic mass is 19.2. The molecule has 1 heterocycles. The minimum atomic E-state index is -0.881. The Morgan fingerprint density at radius 3 is 2.59 bits per heavy atom. The fraction of sp³-hybridized carbons (Fsp3) is 0.250. The number of nitrogens with zero attached hydrogens (tertiary/aromatic N) is 2. The molecule has 0 amide bonds. The normalized spacial score (nSPS) is 10.9. The fourth-order valence-corrected chi connectivity index (χ4v) is 1.76. The van der Waals surface area contributed by atoms with Crippen molar-refractivity contribution in [1.29, 1.82) is 0 Å². The molecule has 5 heteroatoms. The molecule has 90 valence electrons. The average molecular weight is 237 g/mol. The van der Waals surface area contributed by atoms with Gasteiger partial charge in [0, 0.05) is 19.2 Å². The summed E-state index contributed by atoms with van der Waals surface area (Å²) >= 11 is 0. The van der Waals surface area contributed by atoms with Gasteiger partial charge in [0.25, 0.3) is 0 Å². The molecular weight excluding hydrogens is 224 g/mol. The third-order valence-electron chi connectivity index (χ3n) is 2.82. The molecular formula is C12H13F2N3. The van der Waals surface area contributed by atoms with Crippen LogP contribution in [0.3, 0.4) is 0 Å². The van der Waals surface area contributed by atoms with Crippen LogP contribution in [0.15, 0.2) is 18.2 Å². The van der Waals surface area contributed by atoms with Crippen molar-refractivity contribution >= 4 is 0 Å². The standard InChI is InChI=1S/C12H13F2N3/c1-7-16-12(11(6-15)17(7)2)8-3-4-9(13)10(14)5-8/h3-5H,6,15H2,1-2H3. The Labute approximate surface area is 97.9 Å². The van der Waals surface area contributed by atoms with E-state index in [1.807, 2.05) is 18.5 Å². The van der Waals surface area contributed by atoms with Crippen molar-refractivity contribution in [3.63, 3.8) is 0 Å². The molecule has 2 N–H and O–H groups in total. The van der Waals surface area contributed by atoms with Crippen LogP contribution in [0.1, 0.15) is 11.5 Å². The zero-order chi connectivity index (χ0) is 12.6. The first kappa shape index (κ1) is 11.7. The van der Waals surface area contributed by atoms with Crippen LogP contribution in [0, 0.1) is 18.6 Å². The van der Waals surface area contributed by atoms with Gasteiger partial charge in [-0.1, -0.05) is 0 Å². The molecule has 2 aromatic rings. The Morgan fingerprint density at radius 2 is 2.00 bits per heavy atom. The molecule has 0 saturated heterocycles. The Morgan fingerprint density at radius 1 is 1.29 bits per heavy atom. The van der Waals surface area contributed by atoms with Crippen LogP contribution in [0.5, 0.6) is 0 Å². The molecule has 0 saturated carbocycles. The number of hydrogen-bond donors (Lipinski definition) is 1. The molecule has 2 rings (SSSR count). The summed E-state index contributed by atoms with van der Waals surface area (Å²) in [5, 5.41) is 0. The number of nitrogens with two attached hydrogens (primary N) is 1. The largest absolute Gasteiger partial charge is 0.334 e. The molecule has 1 aromatic carbocycles. The zero-order valence-electron chi connectivity index (χ0n) is 9.67. The first-order chi connectivity index (χ1) is 8.04. The van der Waals surface area contributed by atoms with Crippen molar-refractivity contribution in [1.82, 2.24) is 9.55 Å². The van der Waals surface area contributed by atoms with E-state index in [0.717, 1.165) is 23.7 Å². The van der Waals surface area contributed by atoms with Crippen LogP contribution in [0.2, 0.25) is 0 Å². The minimum Gasteiger partial charge on any atom is -0.334 e. The van der Waals surface area contributed by atoms with E-state index in [2.05, 4.69) is 4.98 Å². The van der Waals surface area contributed by atoms with Gasteiger partial charge in [0.15, 0.2) is 11.6 Å². The molecule has 0 bridgehead atoms. The highest BCUT2D eigenvalue weighted by Gasteiger charge is 2.14. The second kappa shape index (κ2) is 4.25. The lowest BCUT2D eigenvalue weighted by Gasteiger charge is -2.04. The van der Waals surface area contributed by atoms with Crippen LogP contribution >= 0.6 is 0 Å². The zero-order valence-corrected chi connectivity index (χ0v) is 9.67. The molecule has 0 aliphatic heterocycles. The third-order valence-corrected chi connectivity index (χ3v) is 2.82. The minimum absolute atomic E-state index is 0.297. The van der Waals surface area contributed by atoms with Gasteiger partial charge in [-0.2, -0.15) is 0 Å². The number of benzene rings is 1. The van der Waals surface area contributed by atoms with E-state index in [0.29, 0.717) is 17.8 Å². The summed E-state index contributed by atoms with van der Waals surface area (Å²) in [5.74, 6) is -0.963. The molecule has 0 atom stereocenters. The monoisotopic (exact) mass is 237 g/mol. The van der Waals surface area contributed by atoms with Gasteiger partial charge in [-0.3, -0.25) is 0 Å². The maximum atomic E-state index is 13.2. The van der Waals surface area contributed by atoms with Gasteiger partial charge < -0.3 is 10.3 Å². The maximum Gasteiger partial charge on any atom is 0.159 e. The van der Waals surface area contributed by atoms with Gasteiger partial charge in [-0.25, -0.2) is 13.8 Å². The number of halogens is 2. The highest BCUT2D eigenvalue weighted by molar-refractivity contribution is 5.62. The van der Waals surface area contributed by atoms with Gasteiger partial charge in [0.2, 0.25) is 0 Å². The van der Waals surface area contributed by atoms with Crippen molar-refractivity contribution in [3.05, 3.63) is 41.4 Å². The number of rotatable bonds is 2. The van der Waals surface area contributed by atoms with Crippen LogP contribution in [0.4, 0.5) is 8.78 Å². The first-order valence-corrected chi connectivity index (χ1v) is 5.22. The highest BCUT2D eigenvalue weighted by Crippen LogP contribution is 2.24. The summed E-state index contributed by atoms with van der Waals surface area (Å²) in [6.07, 6.45) is 0. The second-order valence-electron chi connectivity index (χ2n) is 3.85. The number of aromatic nitrogens is 2. The Bertz CT molecular complexity index is 561. The number of aryl methyl sites for hydroxylation is 1. The molecule has 0 aliphatic rings. The number of imidazole rings is 1. The van der Waals surface area contributed by atoms with Gasteiger partial charge in [0.1, 0.15) is 5.82 Å². The lowest BCUT2D eigenvalue weighted by molar-refractivity contribution is 0.509. The second-order valence-corrected chi connectivity index (χ2v) is 3.85. The molecule has 3 nitrogen and oxygen atoms in total. The molecule has 0 radical (unpaired) electrons. The van der Waals surface area contributed by atoms with E-state index >= 15 is 0 Å². The van der Waals surface area contributed by atoms with Crippen molar-refractivity contribution < 1.29 is 8.78 Å².